The Bertz CT molecular complexity index is 914. The molecule has 0 radical (unpaired) electrons. The van der Waals surface area contributed by atoms with E-state index < -0.39 is 5.97 Å². The average molecular weight is 398 g/mol. The molecule has 0 bridgehead atoms. The molecule has 29 heavy (non-hydrogen) atoms. The van der Waals surface area contributed by atoms with E-state index in [0.717, 1.165) is 17.5 Å². The van der Waals surface area contributed by atoms with E-state index in [1.807, 2.05) is 19.1 Å². The van der Waals surface area contributed by atoms with Crippen molar-refractivity contribution in [2.75, 3.05) is 14.2 Å². The van der Waals surface area contributed by atoms with Gasteiger partial charge in [-0.25, -0.2) is 4.79 Å². The molecule has 6 heteroatoms. The number of carbonyl (C=O) groups is 2. The van der Waals surface area contributed by atoms with Crippen molar-refractivity contribution >= 4 is 17.8 Å². The van der Waals surface area contributed by atoms with Gasteiger partial charge in [0.1, 0.15) is 23.9 Å². The zero-order valence-electron chi connectivity index (χ0n) is 17.2. The number of Topliss-reactive ketones (excluding diaryl/α,β-unsaturated/α-hetero) is 1. The van der Waals surface area contributed by atoms with Crippen LogP contribution in [-0.2, 0) is 22.6 Å². The van der Waals surface area contributed by atoms with Gasteiger partial charge in [-0.15, -0.1) is 0 Å². The van der Waals surface area contributed by atoms with Gasteiger partial charge in [0.05, 0.1) is 19.8 Å². The number of hydrogen-bond donors (Lipinski definition) is 1. The number of ether oxygens (including phenoxy) is 3. The lowest BCUT2D eigenvalue weighted by atomic mass is 10.0. The zero-order chi connectivity index (χ0) is 21.4. The first-order chi connectivity index (χ1) is 13.9. The van der Waals surface area contributed by atoms with Crippen molar-refractivity contribution in [1.29, 1.82) is 0 Å². The van der Waals surface area contributed by atoms with E-state index in [2.05, 4.69) is 4.74 Å². The van der Waals surface area contributed by atoms with Crippen molar-refractivity contribution in [1.82, 2.24) is 0 Å². The summed E-state index contributed by atoms with van der Waals surface area (Å²) in [4.78, 5) is 23.0. The van der Waals surface area contributed by atoms with Crippen LogP contribution in [0.2, 0.25) is 0 Å². The highest BCUT2D eigenvalue weighted by molar-refractivity contribution is 5.97. The van der Waals surface area contributed by atoms with E-state index in [9.17, 15) is 14.7 Å². The molecule has 0 unspecified atom stereocenters. The van der Waals surface area contributed by atoms with Crippen LogP contribution in [0.15, 0.2) is 36.4 Å². The van der Waals surface area contributed by atoms with Crippen LogP contribution in [-0.4, -0.2) is 31.1 Å². The van der Waals surface area contributed by atoms with Crippen LogP contribution < -0.4 is 9.47 Å². The van der Waals surface area contributed by atoms with Crippen molar-refractivity contribution in [3.05, 3.63) is 58.7 Å². The minimum atomic E-state index is -0.441. The predicted molar refractivity (Wildman–Crippen MR) is 110 cm³/mol. The van der Waals surface area contributed by atoms with Crippen LogP contribution in [0.1, 0.15) is 47.3 Å². The highest BCUT2D eigenvalue weighted by Gasteiger charge is 2.16. The van der Waals surface area contributed by atoms with E-state index in [4.69, 9.17) is 9.47 Å². The molecule has 0 aromatic heterocycles. The molecule has 0 fully saturated rings. The lowest BCUT2D eigenvalue weighted by Gasteiger charge is -2.16. The summed E-state index contributed by atoms with van der Waals surface area (Å²) in [5, 5.41) is 10.5. The fraction of sp³-hybridized carbons (Fsp3) is 0.304. The quantitative estimate of drug-likeness (QED) is 0.385. The Labute approximate surface area is 170 Å². The van der Waals surface area contributed by atoms with Gasteiger partial charge in [0, 0.05) is 17.2 Å². The summed E-state index contributed by atoms with van der Waals surface area (Å²) in [6.07, 6.45) is 4.36. The number of carbonyl (C=O) groups excluding carboxylic acids is 2. The Hall–Kier alpha value is -3.28. The van der Waals surface area contributed by atoms with Gasteiger partial charge < -0.3 is 19.3 Å². The van der Waals surface area contributed by atoms with Crippen LogP contribution in [0.3, 0.4) is 0 Å². The number of phenolic OH excluding ortho intramolecular Hbond substituents is 1. The van der Waals surface area contributed by atoms with Crippen molar-refractivity contribution in [3.63, 3.8) is 0 Å². The number of aromatic hydroxyl groups is 1. The molecule has 0 atom stereocenters. The fourth-order valence-electron chi connectivity index (χ4n) is 2.93. The SMILES string of the molecule is CCCc1c(OCc2cc(C=CC(=O)OC)ccc2OC)ccc(C(C)=O)c1O. The number of rotatable bonds is 9. The van der Waals surface area contributed by atoms with E-state index in [1.54, 1.807) is 31.4 Å². The smallest absolute Gasteiger partial charge is 0.330 e. The summed E-state index contributed by atoms with van der Waals surface area (Å²) in [7, 11) is 2.89. The summed E-state index contributed by atoms with van der Waals surface area (Å²) in [5.74, 6) is 0.495. The second-order valence-electron chi connectivity index (χ2n) is 6.46. The molecule has 0 amide bonds. The van der Waals surface area contributed by atoms with E-state index >= 15 is 0 Å². The Morgan fingerprint density at radius 1 is 1.10 bits per heavy atom. The number of benzene rings is 2. The number of phenols is 1. The largest absolute Gasteiger partial charge is 0.507 e. The number of esters is 1. The number of methoxy groups -OCH3 is 2. The summed E-state index contributed by atoms with van der Waals surface area (Å²) >= 11 is 0. The molecule has 0 spiro atoms. The van der Waals surface area contributed by atoms with E-state index in [0.29, 0.717) is 23.5 Å². The van der Waals surface area contributed by atoms with Crippen LogP contribution in [0.4, 0.5) is 0 Å². The average Bonchev–Trinajstić information content (AvgIpc) is 2.72. The minimum Gasteiger partial charge on any atom is -0.507 e. The maximum Gasteiger partial charge on any atom is 0.330 e. The molecule has 2 rings (SSSR count). The van der Waals surface area contributed by atoms with Gasteiger partial charge in [-0.2, -0.15) is 0 Å². The number of ketones is 1. The van der Waals surface area contributed by atoms with Crippen LogP contribution in [0.5, 0.6) is 17.2 Å². The van der Waals surface area contributed by atoms with Gasteiger partial charge in [0.15, 0.2) is 5.78 Å². The first kappa shape index (κ1) is 22.0. The molecule has 2 aromatic carbocycles. The van der Waals surface area contributed by atoms with Crippen molar-refractivity contribution in [2.24, 2.45) is 0 Å². The Morgan fingerprint density at radius 2 is 1.83 bits per heavy atom. The monoisotopic (exact) mass is 398 g/mol. The molecule has 6 nitrogen and oxygen atoms in total. The molecule has 2 aromatic rings. The van der Waals surface area contributed by atoms with Crippen molar-refractivity contribution < 1.29 is 28.9 Å². The zero-order valence-corrected chi connectivity index (χ0v) is 17.2. The van der Waals surface area contributed by atoms with E-state index in [-0.39, 0.29) is 23.7 Å². The van der Waals surface area contributed by atoms with Crippen LogP contribution in [0.25, 0.3) is 6.08 Å². The molecular formula is C23H26O6. The van der Waals surface area contributed by atoms with Gasteiger partial charge in [-0.1, -0.05) is 19.4 Å². The highest BCUT2D eigenvalue weighted by atomic mass is 16.5. The standard InChI is InChI=1S/C23H26O6/c1-5-6-19-21(11-9-18(15(2)24)23(19)26)29-14-17-13-16(7-10-20(17)27-3)8-12-22(25)28-4/h7-13,26H,5-6,14H2,1-4H3. The van der Waals surface area contributed by atoms with Crippen molar-refractivity contribution in [2.45, 2.75) is 33.3 Å². The lowest BCUT2D eigenvalue weighted by molar-refractivity contribution is -0.134. The molecule has 0 aliphatic carbocycles. The highest BCUT2D eigenvalue weighted by Crippen LogP contribution is 2.34. The molecule has 0 heterocycles. The van der Waals surface area contributed by atoms with Gasteiger partial charge in [0.2, 0.25) is 0 Å². The third-order valence-electron chi connectivity index (χ3n) is 4.42. The minimum absolute atomic E-state index is 0.0291. The van der Waals surface area contributed by atoms with Gasteiger partial charge >= 0.3 is 5.97 Å². The van der Waals surface area contributed by atoms with Crippen molar-refractivity contribution in [3.8, 4) is 17.2 Å². The maximum atomic E-state index is 11.7. The normalized spacial score (nSPS) is 10.8. The molecule has 0 saturated carbocycles. The maximum absolute atomic E-state index is 11.7. The fourth-order valence-corrected chi connectivity index (χ4v) is 2.93. The van der Waals surface area contributed by atoms with E-state index in [1.165, 1.54) is 20.1 Å². The second-order valence-corrected chi connectivity index (χ2v) is 6.46. The molecule has 0 saturated heterocycles. The van der Waals surface area contributed by atoms with Gasteiger partial charge in [-0.05, 0) is 49.2 Å². The third-order valence-corrected chi connectivity index (χ3v) is 4.42. The molecule has 1 N–H and O–H groups in total. The first-order valence-corrected chi connectivity index (χ1v) is 9.32. The number of hydrogen-bond acceptors (Lipinski definition) is 6. The molecule has 154 valence electrons. The Morgan fingerprint density at radius 3 is 2.45 bits per heavy atom. The summed E-state index contributed by atoms with van der Waals surface area (Å²) in [6.45, 7) is 3.60. The van der Waals surface area contributed by atoms with Crippen LogP contribution in [0, 0.1) is 0 Å². The topological polar surface area (TPSA) is 82.1 Å². The Balaban J connectivity index is 2.30. The lowest BCUT2D eigenvalue weighted by Crippen LogP contribution is -2.04. The predicted octanol–water partition coefficient (Wildman–Crippen LogP) is 4.32. The second kappa shape index (κ2) is 10.3. The summed E-state index contributed by atoms with van der Waals surface area (Å²) in [5.41, 5.74) is 2.46. The van der Waals surface area contributed by atoms with Crippen LogP contribution >= 0.6 is 0 Å². The summed E-state index contributed by atoms with van der Waals surface area (Å²) in [6, 6.07) is 8.73. The van der Waals surface area contributed by atoms with Gasteiger partial charge in [0.25, 0.3) is 0 Å². The Kier molecular flexibility index (Phi) is 7.83. The van der Waals surface area contributed by atoms with Gasteiger partial charge in [-0.3, -0.25) is 4.79 Å². The molecule has 0 aliphatic heterocycles. The molecule has 0 aliphatic rings. The third kappa shape index (κ3) is 5.60. The molecular weight excluding hydrogens is 372 g/mol. The summed E-state index contributed by atoms with van der Waals surface area (Å²) < 4.78 is 16.0. The first-order valence-electron chi connectivity index (χ1n) is 9.32.